The van der Waals surface area contributed by atoms with Crippen LogP contribution in [0.25, 0.3) is 11.0 Å². The molecule has 2 heterocycles. The van der Waals surface area contributed by atoms with Crippen LogP contribution in [0.5, 0.6) is 0 Å². The molecular weight excluding hydrogens is 254 g/mol. The lowest BCUT2D eigenvalue weighted by atomic mass is 10.0. The van der Waals surface area contributed by atoms with Gasteiger partial charge in [0.05, 0.1) is 11.6 Å². The van der Waals surface area contributed by atoms with E-state index in [-0.39, 0.29) is 17.9 Å². The van der Waals surface area contributed by atoms with Crippen LogP contribution in [-0.2, 0) is 0 Å². The molecule has 7 heteroatoms. The summed E-state index contributed by atoms with van der Waals surface area (Å²) in [7, 11) is 0. The van der Waals surface area contributed by atoms with E-state index in [1.165, 1.54) is 0 Å². The minimum Gasteiger partial charge on any atom is -0.396 e. The molecule has 0 saturated heterocycles. The Morgan fingerprint density at radius 2 is 2.22 bits per heavy atom. The van der Waals surface area contributed by atoms with Gasteiger partial charge >= 0.3 is 0 Å². The zero-order valence-electron chi connectivity index (χ0n) is 10.3. The summed E-state index contributed by atoms with van der Waals surface area (Å²) in [6.45, 7) is 4.30. The lowest BCUT2D eigenvalue weighted by molar-refractivity contribution is 0.267. The molecule has 2 rings (SSSR count). The zero-order valence-corrected chi connectivity index (χ0v) is 11.1. The average Bonchev–Trinajstić information content (AvgIpc) is 2.76. The first-order valence-corrected chi connectivity index (χ1v) is 6.23. The number of aromatic nitrogens is 4. The van der Waals surface area contributed by atoms with E-state index in [2.05, 4.69) is 39.3 Å². The maximum atomic E-state index is 9.07. The first-order valence-electron chi connectivity index (χ1n) is 5.86. The van der Waals surface area contributed by atoms with Crippen molar-refractivity contribution >= 4 is 28.5 Å². The molecule has 1 unspecified atom stereocenters. The van der Waals surface area contributed by atoms with Crippen LogP contribution in [0.1, 0.15) is 20.3 Å². The summed E-state index contributed by atoms with van der Waals surface area (Å²) in [6, 6.07) is 0.124. The highest BCUT2D eigenvalue weighted by Crippen LogP contribution is 2.22. The van der Waals surface area contributed by atoms with Crippen LogP contribution >= 0.6 is 11.6 Å². The standard InChI is InChI=1S/C11H16ClN5O/c1-6(2)8(3-4-18)14-9-7-5-13-17-10(7)16-11(12)15-9/h5-6,8,18H,3-4H2,1-2H3,(H2,13,14,15,16,17). The Balaban J connectivity index is 2.32. The van der Waals surface area contributed by atoms with Crippen molar-refractivity contribution in [2.45, 2.75) is 26.3 Å². The van der Waals surface area contributed by atoms with E-state index < -0.39 is 0 Å². The number of halogens is 1. The number of aliphatic hydroxyl groups excluding tert-OH is 1. The van der Waals surface area contributed by atoms with E-state index in [0.717, 1.165) is 5.39 Å². The summed E-state index contributed by atoms with van der Waals surface area (Å²) in [5.74, 6) is 1.01. The predicted octanol–water partition coefficient (Wildman–Crippen LogP) is 1.83. The molecule has 0 radical (unpaired) electrons. The van der Waals surface area contributed by atoms with Gasteiger partial charge in [0.25, 0.3) is 0 Å². The maximum absolute atomic E-state index is 9.07. The second-order valence-electron chi connectivity index (χ2n) is 4.48. The SMILES string of the molecule is CC(C)C(CCO)Nc1nc(Cl)nc2[nH]ncc12. The second kappa shape index (κ2) is 5.49. The number of aromatic amines is 1. The minimum absolute atomic E-state index is 0.124. The number of aliphatic hydroxyl groups is 1. The van der Waals surface area contributed by atoms with Crippen molar-refractivity contribution in [3.05, 3.63) is 11.5 Å². The summed E-state index contributed by atoms with van der Waals surface area (Å²) in [5.41, 5.74) is 0.601. The average molecular weight is 270 g/mol. The van der Waals surface area contributed by atoms with Crippen LogP contribution in [0.15, 0.2) is 6.20 Å². The van der Waals surface area contributed by atoms with Gasteiger partial charge in [-0.1, -0.05) is 13.8 Å². The molecule has 0 aliphatic rings. The van der Waals surface area contributed by atoms with Crippen molar-refractivity contribution in [1.82, 2.24) is 20.2 Å². The van der Waals surface area contributed by atoms with Crippen molar-refractivity contribution in [1.29, 1.82) is 0 Å². The molecule has 0 bridgehead atoms. The van der Waals surface area contributed by atoms with Crippen molar-refractivity contribution < 1.29 is 5.11 Å². The number of hydrogen-bond acceptors (Lipinski definition) is 5. The number of hydrogen-bond donors (Lipinski definition) is 3. The monoisotopic (exact) mass is 269 g/mol. The van der Waals surface area contributed by atoms with E-state index in [0.29, 0.717) is 23.8 Å². The molecular formula is C11H16ClN5O. The number of fused-ring (bicyclic) bond motifs is 1. The fourth-order valence-corrected chi connectivity index (χ4v) is 1.97. The van der Waals surface area contributed by atoms with E-state index in [4.69, 9.17) is 16.7 Å². The van der Waals surface area contributed by atoms with Crippen molar-refractivity contribution in [3.8, 4) is 0 Å². The van der Waals surface area contributed by atoms with Crippen molar-refractivity contribution in [3.63, 3.8) is 0 Å². The lowest BCUT2D eigenvalue weighted by Crippen LogP contribution is -2.27. The smallest absolute Gasteiger partial charge is 0.226 e. The highest BCUT2D eigenvalue weighted by molar-refractivity contribution is 6.28. The molecule has 98 valence electrons. The van der Waals surface area contributed by atoms with Crippen LogP contribution in [0.3, 0.4) is 0 Å². The number of nitrogens with zero attached hydrogens (tertiary/aromatic N) is 3. The van der Waals surface area contributed by atoms with Crippen LogP contribution < -0.4 is 5.32 Å². The Labute approximate surface area is 110 Å². The van der Waals surface area contributed by atoms with Gasteiger partial charge in [-0.15, -0.1) is 0 Å². The molecule has 0 amide bonds. The van der Waals surface area contributed by atoms with E-state index in [9.17, 15) is 0 Å². The predicted molar refractivity (Wildman–Crippen MR) is 70.6 cm³/mol. The quantitative estimate of drug-likeness (QED) is 0.721. The fourth-order valence-electron chi connectivity index (χ4n) is 1.80. The second-order valence-corrected chi connectivity index (χ2v) is 4.82. The molecule has 2 aromatic heterocycles. The summed E-state index contributed by atoms with van der Waals surface area (Å²) < 4.78 is 0. The zero-order chi connectivity index (χ0) is 13.1. The largest absolute Gasteiger partial charge is 0.396 e. The van der Waals surface area contributed by atoms with E-state index in [1.54, 1.807) is 6.20 Å². The molecule has 0 fully saturated rings. The minimum atomic E-state index is 0.124. The summed E-state index contributed by atoms with van der Waals surface area (Å²) in [4.78, 5) is 8.22. The normalized spacial score (nSPS) is 13.2. The third-order valence-corrected chi connectivity index (χ3v) is 3.02. The van der Waals surface area contributed by atoms with Gasteiger partial charge in [-0.25, -0.2) is 0 Å². The Bertz CT molecular complexity index is 527. The molecule has 6 nitrogen and oxygen atoms in total. The Morgan fingerprint density at radius 1 is 1.44 bits per heavy atom. The highest BCUT2D eigenvalue weighted by Gasteiger charge is 2.16. The first kappa shape index (κ1) is 13.0. The molecule has 3 N–H and O–H groups in total. The van der Waals surface area contributed by atoms with Crippen LogP contribution in [-0.4, -0.2) is 37.9 Å². The van der Waals surface area contributed by atoms with Crippen LogP contribution in [0, 0.1) is 5.92 Å². The molecule has 0 aromatic carbocycles. The van der Waals surface area contributed by atoms with Crippen LogP contribution in [0.4, 0.5) is 5.82 Å². The third-order valence-electron chi connectivity index (χ3n) is 2.85. The van der Waals surface area contributed by atoms with Gasteiger partial charge in [-0.2, -0.15) is 15.1 Å². The number of nitrogens with one attached hydrogen (secondary N) is 2. The van der Waals surface area contributed by atoms with Crippen molar-refractivity contribution in [2.24, 2.45) is 5.92 Å². The van der Waals surface area contributed by atoms with Crippen molar-refractivity contribution in [2.75, 3.05) is 11.9 Å². The molecule has 0 aliphatic carbocycles. The molecule has 0 aliphatic heterocycles. The topological polar surface area (TPSA) is 86.7 Å². The molecule has 2 aromatic rings. The van der Waals surface area contributed by atoms with Gasteiger partial charge < -0.3 is 10.4 Å². The van der Waals surface area contributed by atoms with Gasteiger partial charge in [-0.05, 0) is 23.9 Å². The van der Waals surface area contributed by atoms with Gasteiger partial charge in [0, 0.05) is 12.6 Å². The Morgan fingerprint density at radius 3 is 2.89 bits per heavy atom. The maximum Gasteiger partial charge on any atom is 0.226 e. The highest BCUT2D eigenvalue weighted by atomic mass is 35.5. The fraction of sp³-hybridized carbons (Fsp3) is 0.545. The van der Waals surface area contributed by atoms with E-state index >= 15 is 0 Å². The number of anilines is 1. The van der Waals surface area contributed by atoms with Gasteiger partial charge in [-0.3, -0.25) is 5.10 Å². The van der Waals surface area contributed by atoms with Gasteiger partial charge in [0.1, 0.15) is 5.82 Å². The van der Waals surface area contributed by atoms with Crippen LogP contribution in [0.2, 0.25) is 5.28 Å². The number of rotatable bonds is 5. The summed E-state index contributed by atoms with van der Waals surface area (Å²) in [5, 5.41) is 20.0. The Kier molecular flexibility index (Phi) is 3.98. The number of H-pyrrole nitrogens is 1. The lowest BCUT2D eigenvalue weighted by Gasteiger charge is -2.22. The molecule has 1 atom stereocenters. The Hall–Kier alpha value is -1.40. The summed E-state index contributed by atoms with van der Waals surface area (Å²) in [6.07, 6.45) is 2.31. The first-order chi connectivity index (χ1) is 8.61. The summed E-state index contributed by atoms with van der Waals surface area (Å²) >= 11 is 5.86. The van der Waals surface area contributed by atoms with Gasteiger partial charge in [0.2, 0.25) is 5.28 Å². The molecule has 18 heavy (non-hydrogen) atoms. The van der Waals surface area contributed by atoms with E-state index in [1.807, 2.05) is 0 Å². The molecule has 0 spiro atoms. The molecule has 0 saturated carbocycles. The third kappa shape index (κ3) is 2.70. The van der Waals surface area contributed by atoms with Gasteiger partial charge in [0.15, 0.2) is 5.65 Å².